The number of nitrogens with one attached hydrogen (secondary N) is 1. The van der Waals surface area contributed by atoms with Gasteiger partial charge in [-0.25, -0.2) is 13.1 Å². The molecular formula is C13H21ClN2O3S. The Morgan fingerprint density at radius 3 is 2.60 bits per heavy atom. The molecule has 0 aliphatic heterocycles. The van der Waals surface area contributed by atoms with Crippen LogP contribution in [0.2, 0.25) is 5.02 Å². The smallest absolute Gasteiger partial charge is 0.242 e. The summed E-state index contributed by atoms with van der Waals surface area (Å²) in [5.41, 5.74) is 5.97. The fraction of sp³-hybridized carbons (Fsp3) is 0.538. The van der Waals surface area contributed by atoms with Crippen LogP contribution < -0.4 is 10.5 Å². The van der Waals surface area contributed by atoms with Crippen molar-refractivity contribution in [2.24, 2.45) is 5.92 Å². The molecule has 0 heterocycles. The van der Waals surface area contributed by atoms with Gasteiger partial charge >= 0.3 is 0 Å². The van der Waals surface area contributed by atoms with Crippen molar-refractivity contribution in [1.82, 2.24) is 4.72 Å². The minimum atomic E-state index is -3.73. The van der Waals surface area contributed by atoms with E-state index < -0.39 is 10.0 Å². The van der Waals surface area contributed by atoms with E-state index in [4.69, 9.17) is 22.1 Å². The number of nitrogen functional groups attached to an aromatic ring is 1. The second-order valence-electron chi connectivity index (χ2n) is 4.82. The molecule has 5 nitrogen and oxygen atoms in total. The summed E-state index contributed by atoms with van der Waals surface area (Å²) in [5.74, 6) is 0.0937. The first-order valence-electron chi connectivity index (χ1n) is 6.43. The molecule has 0 radical (unpaired) electrons. The Labute approximate surface area is 125 Å². The minimum absolute atomic E-state index is 0.0127. The van der Waals surface area contributed by atoms with Gasteiger partial charge in [0.2, 0.25) is 10.0 Å². The van der Waals surface area contributed by atoms with E-state index in [0.717, 1.165) is 0 Å². The van der Waals surface area contributed by atoms with Crippen molar-refractivity contribution in [3.05, 3.63) is 23.2 Å². The molecular weight excluding hydrogens is 300 g/mol. The lowest BCUT2D eigenvalue weighted by Crippen LogP contribution is -2.41. The van der Waals surface area contributed by atoms with E-state index in [1.807, 2.05) is 20.8 Å². The number of ether oxygens (including phenoxy) is 1. The molecule has 1 aromatic carbocycles. The zero-order chi connectivity index (χ0) is 15.3. The van der Waals surface area contributed by atoms with E-state index in [1.165, 1.54) is 12.1 Å². The third-order valence-corrected chi connectivity index (χ3v) is 4.83. The molecule has 0 saturated heterocycles. The summed E-state index contributed by atoms with van der Waals surface area (Å²) in [6, 6.07) is 4.06. The third-order valence-electron chi connectivity index (χ3n) is 2.86. The van der Waals surface area contributed by atoms with Crippen LogP contribution in [0, 0.1) is 5.92 Å². The Morgan fingerprint density at radius 2 is 2.05 bits per heavy atom. The van der Waals surface area contributed by atoms with Crippen LogP contribution >= 0.6 is 11.6 Å². The topological polar surface area (TPSA) is 81.4 Å². The molecule has 1 aromatic rings. The highest BCUT2D eigenvalue weighted by atomic mass is 35.5. The van der Waals surface area contributed by atoms with Gasteiger partial charge < -0.3 is 10.5 Å². The van der Waals surface area contributed by atoms with Crippen molar-refractivity contribution < 1.29 is 13.2 Å². The summed E-state index contributed by atoms with van der Waals surface area (Å²) >= 11 is 5.94. The summed E-state index contributed by atoms with van der Waals surface area (Å²) in [7, 11) is -3.73. The molecule has 0 aliphatic rings. The summed E-state index contributed by atoms with van der Waals surface area (Å²) < 4.78 is 32.7. The SMILES string of the molecule is CCOCC(NS(=O)(=O)c1cc(N)ccc1Cl)C(C)C. The van der Waals surface area contributed by atoms with Crippen molar-refractivity contribution in [2.45, 2.75) is 31.7 Å². The molecule has 0 aromatic heterocycles. The zero-order valence-corrected chi connectivity index (χ0v) is 13.5. The second kappa shape index (κ2) is 7.26. The van der Waals surface area contributed by atoms with Crippen molar-refractivity contribution in [3.63, 3.8) is 0 Å². The molecule has 1 unspecified atom stereocenters. The van der Waals surface area contributed by atoms with Gasteiger partial charge in [0, 0.05) is 18.3 Å². The summed E-state index contributed by atoms with van der Waals surface area (Å²) in [6.07, 6.45) is 0. The van der Waals surface area contributed by atoms with Crippen LogP contribution in [0.15, 0.2) is 23.1 Å². The molecule has 0 bridgehead atoms. The van der Waals surface area contributed by atoms with E-state index in [1.54, 1.807) is 6.07 Å². The number of benzene rings is 1. The predicted octanol–water partition coefficient (Wildman–Crippen LogP) is 2.26. The van der Waals surface area contributed by atoms with Crippen LogP contribution in [-0.4, -0.2) is 27.7 Å². The van der Waals surface area contributed by atoms with Gasteiger partial charge in [-0.2, -0.15) is 0 Å². The van der Waals surface area contributed by atoms with Gasteiger partial charge in [0.1, 0.15) is 4.90 Å². The fourth-order valence-electron chi connectivity index (χ4n) is 1.60. The standard InChI is InChI=1S/C13H21ClN2O3S/c1-4-19-8-12(9(2)3)16-20(17,18)13-7-10(15)5-6-11(13)14/h5-7,9,12,16H,4,8,15H2,1-3H3. The van der Waals surface area contributed by atoms with Gasteiger partial charge in [-0.3, -0.25) is 0 Å². The Hall–Kier alpha value is -0.820. The predicted molar refractivity (Wildman–Crippen MR) is 81.3 cm³/mol. The highest BCUT2D eigenvalue weighted by Crippen LogP contribution is 2.24. The highest BCUT2D eigenvalue weighted by Gasteiger charge is 2.24. The van der Waals surface area contributed by atoms with Crippen molar-refractivity contribution in [3.8, 4) is 0 Å². The highest BCUT2D eigenvalue weighted by molar-refractivity contribution is 7.89. The van der Waals surface area contributed by atoms with Crippen LogP contribution in [0.1, 0.15) is 20.8 Å². The molecule has 0 aliphatic carbocycles. The maximum Gasteiger partial charge on any atom is 0.242 e. The molecule has 20 heavy (non-hydrogen) atoms. The summed E-state index contributed by atoms with van der Waals surface area (Å²) in [5, 5.41) is 0.144. The Balaban J connectivity index is 3.00. The lowest BCUT2D eigenvalue weighted by Gasteiger charge is -2.22. The number of halogens is 1. The monoisotopic (exact) mass is 320 g/mol. The van der Waals surface area contributed by atoms with Crippen LogP contribution in [0.3, 0.4) is 0 Å². The fourth-order valence-corrected chi connectivity index (χ4v) is 3.50. The second-order valence-corrected chi connectivity index (χ2v) is 6.91. The average molecular weight is 321 g/mol. The zero-order valence-electron chi connectivity index (χ0n) is 11.9. The maximum absolute atomic E-state index is 12.4. The first-order valence-corrected chi connectivity index (χ1v) is 8.29. The number of hydrogen-bond acceptors (Lipinski definition) is 4. The molecule has 3 N–H and O–H groups in total. The van der Waals surface area contributed by atoms with Crippen LogP contribution in [0.5, 0.6) is 0 Å². The Bertz CT molecular complexity index is 547. The van der Waals surface area contributed by atoms with E-state index in [-0.39, 0.29) is 21.9 Å². The van der Waals surface area contributed by atoms with Crippen LogP contribution in [-0.2, 0) is 14.8 Å². The van der Waals surface area contributed by atoms with E-state index in [2.05, 4.69) is 4.72 Å². The summed E-state index contributed by atoms with van der Waals surface area (Å²) in [4.78, 5) is -0.0127. The molecule has 1 atom stereocenters. The van der Waals surface area contributed by atoms with Crippen molar-refractivity contribution in [1.29, 1.82) is 0 Å². The molecule has 7 heteroatoms. The number of anilines is 1. The average Bonchev–Trinajstić information content (AvgIpc) is 2.36. The molecule has 0 fully saturated rings. The van der Waals surface area contributed by atoms with E-state index in [0.29, 0.717) is 18.9 Å². The molecule has 0 amide bonds. The Kier molecular flexibility index (Phi) is 6.26. The largest absolute Gasteiger partial charge is 0.399 e. The van der Waals surface area contributed by atoms with E-state index in [9.17, 15) is 8.42 Å². The van der Waals surface area contributed by atoms with Gasteiger partial charge in [0.15, 0.2) is 0 Å². The minimum Gasteiger partial charge on any atom is -0.399 e. The van der Waals surface area contributed by atoms with Gasteiger partial charge in [-0.15, -0.1) is 0 Å². The number of hydrogen-bond donors (Lipinski definition) is 2. The quantitative estimate of drug-likeness (QED) is 0.755. The molecule has 1 rings (SSSR count). The van der Waals surface area contributed by atoms with Gasteiger partial charge in [-0.05, 0) is 31.0 Å². The summed E-state index contributed by atoms with van der Waals surface area (Å²) in [6.45, 7) is 6.55. The van der Waals surface area contributed by atoms with Crippen LogP contribution in [0.4, 0.5) is 5.69 Å². The van der Waals surface area contributed by atoms with Crippen molar-refractivity contribution >= 4 is 27.3 Å². The normalized spacial score (nSPS) is 13.7. The lowest BCUT2D eigenvalue weighted by molar-refractivity contribution is 0.116. The first-order chi connectivity index (χ1) is 9.27. The number of nitrogens with two attached hydrogens (primary N) is 1. The van der Waals surface area contributed by atoms with Crippen LogP contribution in [0.25, 0.3) is 0 Å². The Morgan fingerprint density at radius 1 is 1.40 bits per heavy atom. The first kappa shape index (κ1) is 17.2. The van der Waals surface area contributed by atoms with Gasteiger partial charge in [0.25, 0.3) is 0 Å². The molecule has 0 spiro atoms. The third kappa shape index (κ3) is 4.63. The van der Waals surface area contributed by atoms with Gasteiger partial charge in [0.05, 0.1) is 11.6 Å². The van der Waals surface area contributed by atoms with Gasteiger partial charge in [-0.1, -0.05) is 25.4 Å². The lowest BCUT2D eigenvalue weighted by atomic mass is 10.1. The number of rotatable bonds is 7. The number of sulfonamides is 1. The molecule has 0 saturated carbocycles. The molecule has 114 valence electrons. The van der Waals surface area contributed by atoms with E-state index >= 15 is 0 Å². The maximum atomic E-state index is 12.4. The van der Waals surface area contributed by atoms with Crippen molar-refractivity contribution in [2.75, 3.05) is 18.9 Å².